The van der Waals surface area contributed by atoms with Crippen LogP contribution in [0.4, 0.5) is 4.39 Å². The van der Waals surface area contributed by atoms with Gasteiger partial charge >= 0.3 is 0 Å². The number of fused-ring (bicyclic) bond motifs is 3. The first kappa shape index (κ1) is 17.5. The van der Waals surface area contributed by atoms with Gasteiger partial charge in [0.2, 0.25) is 0 Å². The third-order valence-corrected chi connectivity index (χ3v) is 5.72. The predicted molar refractivity (Wildman–Crippen MR) is 98.8 cm³/mol. The van der Waals surface area contributed by atoms with Gasteiger partial charge in [-0.05, 0) is 38.1 Å². The van der Waals surface area contributed by atoms with Gasteiger partial charge in [-0.15, -0.1) is 0 Å². The highest BCUT2D eigenvalue weighted by Gasteiger charge is 2.35. The van der Waals surface area contributed by atoms with Crippen molar-refractivity contribution in [3.8, 4) is 6.07 Å². The molecule has 4 rings (SSSR count). The fourth-order valence-corrected chi connectivity index (χ4v) is 4.07. The number of nitrogens with one attached hydrogen (secondary N) is 1. The van der Waals surface area contributed by atoms with Crippen molar-refractivity contribution in [2.45, 2.75) is 31.6 Å². The zero-order valence-corrected chi connectivity index (χ0v) is 15.1. The first-order chi connectivity index (χ1) is 12.9. The molecule has 0 unspecified atom stereocenters. The Kier molecular flexibility index (Phi) is 4.12. The Morgan fingerprint density at radius 2 is 2.19 bits per heavy atom. The van der Waals surface area contributed by atoms with E-state index in [0.29, 0.717) is 17.5 Å². The average molecular weight is 368 g/mol. The molecule has 8 heteroatoms. The van der Waals surface area contributed by atoms with E-state index in [2.05, 4.69) is 28.0 Å². The van der Waals surface area contributed by atoms with E-state index in [4.69, 9.17) is 11.0 Å². The van der Waals surface area contributed by atoms with Crippen molar-refractivity contribution in [2.24, 2.45) is 5.73 Å². The number of halogens is 1. The lowest BCUT2D eigenvalue weighted by atomic mass is 9.75. The van der Waals surface area contributed by atoms with Gasteiger partial charge in [0.05, 0.1) is 23.3 Å². The number of nitrogens with zero attached hydrogens (tertiary/aromatic N) is 4. The highest BCUT2D eigenvalue weighted by atomic mass is 19.1. The molecule has 2 aromatic heterocycles. The molecule has 0 bridgehead atoms. The summed E-state index contributed by atoms with van der Waals surface area (Å²) in [5.41, 5.74) is 8.29. The maximum Gasteiger partial charge on any atom is 0.251 e. The summed E-state index contributed by atoms with van der Waals surface area (Å²) < 4.78 is 15.5. The maximum atomic E-state index is 13.9. The first-order valence-electron chi connectivity index (χ1n) is 9.01. The van der Waals surface area contributed by atoms with Crippen LogP contribution in [-0.2, 0) is 5.41 Å². The van der Waals surface area contributed by atoms with Gasteiger partial charge in [0.25, 0.3) is 5.91 Å². The summed E-state index contributed by atoms with van der Waals surface area (Å²) in [6.07, 6.45) is 4.24. The van der Waals surface area contributed by atoms with E-state index in [1.165, 1.54) is 6.07 Å². The lowest BCUT2D eigenvalue weighted by Crippen LogP contribution is -2.41. The Labute approximate surface area is 155 Å². The molecule has 1 aliphatic heterocycles. The highest BCUT2D eigenvalue weighted by molar-refractivity contribution is 6.05. The molecule has 3 heterocycles. The molecule has 0 atom stereocenters. The molecule has 7 nitrogen and oxygen atoms in total. The summed E-state index contributed by atoms with van der Waals surface area (Å²) >= 11 is 0. The van der Waals surface area contributed by atoms with Crippen LogP contribution in [0.15, 0.2) is 18.3 Å². The van der Waals surface area contributed by atoms with Crippen LogP contribution in [0.25, 0.3) is 16.7 Å². The third-order valence-electron chi connectivity index (χ3n) is 5.72. The van der Waals surface area contributed by atoms with E-state index in [0.717, 1.165) is 49.8 Å². The van der Waals surface area contributed by atoms with Crippen LogP contribution in [0, 0.1) is 17.1 Å². The SMILES string of the molecule is CC1(c2cnn3c2[nH]c2cc(F)cc(C(N)=O)c23)CCN(CCC#N)CC1. The van der Waals surface area contributed by atoms with Gasteiger partial charge in [-0.2, -0.15) is 10.4 Å². The van der Waals surface area contributed by atoms with E-state index < -0.39 is 11.7 Å². The van der Waals surface area contributed by atoms with Crippen molar-refractivity contribution in [3.05, 3.63) is 35.3 Å². The maximum absolute atomic E-state index is 13.9. The summed E-state index contributed by atoms with van der Waals surface area (Å²) in [5, 5.41) is 13.2. The number of hydrogen-bond donors (Lipinski definition) is 2. The first-order valence-corrected chi connectivity index (χ1v) is 9.01. The number of carbonyl (C=O) groups is 1. The zero-order chi connectivity index (χ0) is 19.2. The minimum absolute atomic E-state index is 0.0861. The van der Waals surface area contributed by atoms with Crippen LogP contribution in [0.1, 0.15) is 42.1 Å². The van der Waals surface area contributed by atoms with E-state index in [1.54, 1.807) is 4.52 Å². The van der Waals surface area contributed by atoms with Crippen molar-refractivity contribution in [2.75, 3.05) is 19.6 Å². The number of hydrogen-bond acceptors (Lipinski definition) is 4. The molecule has 27 heavy (non-hydrogen) atoms. The van der Waals surface area contributed by atoms with Crippen molar-refractivity contribution in [3.63, 3.8) is 0 Å². The molecule has 3 aromatic rings. The van der Waals surface area contributed by atoms with Crippen LogP contribution >= 0.6 is 0 Å². The number of carbonyl (C=O) groups excluding carboxylic acids is 1. The van der Waals surface area contributed by atoms with Crippen molar-refractivity contribution in [1.82, 2.24) is 19.5 Å². The van der Waals surface area contributed by atoms with Gasteiger partial charge in [0.15, 0.2) is 0 Å². The van der Waals surface area contributed by atoms with Crippen molar-refractivity contribution in [1.29, 1.82) is 5.26 Å². The largest absolute Gasteiger partial charge is 0.366 e. The molecule has 1 aromatic carbocycles. The van der Waals surface area contributed by atoms with Crippen LogP contribution < -0.4 is 5.73 Å². The Bertz CT molecular complexity index is 1070. The number of benzene rings is 1. The van der Waals surface area contributed by atoms with Crippen LogP contribution in [0.3, 0.4) is 0 Å². The fourth-order valence-electron chi connectivity index (χ4n) is 4.07. The second kappa shape index (κ2) is 6.35. The van der Waals surface area contributed by atoms with Gasteiger partial charge in [0.1, 0.15) is 17.0 Å². The number of aromatic nitrogens is 3. The number of H-pyrrole nitrogens is 1. The second-order valence-electron chi connectivity index (χ2n) is 7.47. The van der Waals surface area contributed by atoms with Crippen LogP contribution in [-0.4, -0.2) is 45.0 Å². The van der Waals surface area contributed by atoms with Crippen molar-refractivity contribution < 1.29 is 9.18 Å². The molecule has 140 valence electrons. The third kappa shape index (κ3) is 2.84. The smallest absolute Gasteiger partial charge is 0.251 e. The summed E-state index contributed by atoms with van der Waals surface area (Å²) in [6.45, 7) is 4.82. The van der Waals surface area contributed by atoms with Gasteiger partial charge in [0, 0.05) is 23.9 Å². The van der Waals surface area contributed by atoms with E-state index >= 15 is 0 Å². The number of piperidine rings is 1. The Balaban J connectivity index is 1.75. The standard InChI is InChI=1S/C19H21FN6O/c1-19(3-7-25(8-4-19)6-2-5-21)14-11-23-26-16-13(17(22)27)9-12(20)10-15(16)24-18(14)26/h9-11,24H,2-4,6-8H2,1H3,(H2,22,27). The van der Waals surface area contributed by atoms with E-state index in [-0.39, 0.29) is 11.0 Å². The Morgan fingerprint density at radius 1 is 1.44 bits per heavy atom. The summed E-state index contributed by atoms with van der Waals surface area (Å²) in [6, 6.07) is 4.69. The normalized spacial score (nSPS) is 17.4. The zero-order valence-electron chi connectivity index (χ0n) is 15.1. The number of imidazole rings is 1. The molecule has 0 radical (unpaired) electrons. The number of amides is 1. The Morgan fingerprint density at radius 3 is 2.85 bits per heavy atom. The quantitative estimate of drug-likeness (QED) is 0.737. The minimum atomic E-state index is -0.686. The number of likely N-dealkylation sites (tertiary alicyclic amines) is 1. The molecule has 3 N–H and O–H groups in total. The van der Waals surface area contributed by atoms with E-state index in [9.17, 15) is 9.18 Å². The lowest BCUT2D eigenvalue weighted by molar-refractivity contribution is 0.100. The second-order valence-corrected chi connectivity index (χ2v) is 7.47. The number of nitrogens with two attached hydrogens (primary N) is 1. The van der Waals surface area contributed by atoms with Gasteiger partial charge in [-0.3, -0.25) is 4.79 Å². The van der Waals surface area contributed by atoms with Gasteiger partial charge < -0.3 is 15.6 Å². The molecule has 1 amide bonds. The number of primary amides is 1. The van der Waals surface area contributed by atoms with Gasteiger partial charge in [-0.25, -0.2) is 8.91 Å². The molecule has 0 aliphatic carbocycles. The molecule has 1 fully saturated rings. The van der Waals surface area contributed by atoms with Crippen molar-refractivity contribution >= 4 is 22.6 Å². The summed E-state index contributed by atoms with van der Waals surface area (Å²) in [7, 11) is 0. The molecular formula is C19H21FN6O. The number of rotatable bonds is 4. The van der Waals surface area contributed by atoms with Crippen LogP contribution in [0.2, 0.25) is 0 Å². The highest BCUT2D eigenvalue weighted by Crippen LogP contribution is 2.38. The molecule has 1 aliphatic rings. The van der Waals surface area contributed by atoms with Gasteiger partial charge in [-0.1, -0.05) is 6.92 Å². The molecular weight excluding hydrogens is 347 g/mol. The topological polar surface area (TPSA) is 103 Å². The molecule has 0 spiro atoms. The lowest BCUT2D eigenvalue weighted by Gasteiger charge is -2.38. The fraction of sp³-hybridized carbons (Fsp3) is 0.421. The molecule has 1 saturated heterocycles. The van der Waals surface area contributed by atoms with E-state index in [1.807, 2.05) is 6.20 Å². The minimum Gasteiger partial charge on any atom is -0.366 e. The number of nitriles is 1. The number of aromatic amines is 1. The molecule has 0 saturated carbocycles. The average Bonchev–Trinajstić information content (AvgIpc) is 3.19. The summed E-state index contributed by atoms with van der Waals surface area (Å²) in [4.78, 5) is 17.3. The Hall–Kier alpha value is -2.92. The predicted octanol–water partition coefficient (Wildman–Crippen LogP) is 2.32. The van der Waals surface area contributed by atoms with Crippen LogP contribution in [0.5, 0.6) is 0 Å². The summed E-state index contributed by atoms with van der Waals surface area (Å²) in [5.74, 6) is -1.20. The monoisotopic (exact) mass is 368 g/mol.